The summed E-state index contributed by atoms with van der Waals surface area (Å²) >= 11 is 6.01. The number of unbranched alkanes of at least 4 members (excludes halogenated alkanes) is 1. The van der Waals surface area contributed by atoms with E-state index in [9.17, 15) is 4.79 Å². The van der Waals surface area contributed by atoms with Gasteiger partial charge in [-0.15, -0.1) is 0 Å². The normalized spacial score (nSPS) is 16.2. The number of nitrogens with one attached hydrogen (secondary N) is 2. The van der Waals surface area contributed by atoms with Crippen molar-refractivity contribution in [2.24, 2.45) is 0 Å². The molecule has 4 N–H and O–H groups in total. The van der Waals surface area contributed by atoms with E-state index in [1.807, 2.05) is 12.1 Å². The lowest BCUT2D eigenvalue weighted by Crippen LogP contribution is -2.35. The fourth-order valence-electron chi connectivity index (χ4n) is 3.31. The highest BCUT2D eigenvalue weighted by Gasteiger charge is 2.24. The van der Waals surface area contributed by atoms with Gasteiger partial charge in [0, 0.05) is 43.5 Å². The van der Waals surface area contributed by atoms with Crippen molar-refractivity contribution >= 4 is 40.6 Å². The number of anilines is 4. The molecule has 0 spiro atoms. The number of hydrogen-bond donors (Lipinski definition) is 3. The van der Waals surface area contributed by atoms with Gasteiger partial charge in [0.1, 0.15) is 5.82 Å². The number of amides is 1. The summed E-state index contributed by atoms with van der Waals surface area (Å²) in [7, 11) is 0. The highest BCUT2D eigenvalue weighted by atomic mass is 35.5. The number of nitrogens with two attached hydrogens (primary N) is 1. The van der Waals surface area contributed by atoms with Crippen LogP contribution in [0.2, 0.25) is 5.02 Å². The van der Waals surface area contributed by atoms with Crippen LogP contribution in [-0.4, -0.2) is 35.0 Å². The molecule has 8 heteroatoms. The molecule has 0 aliphatic carbocycles. The van der Waals surface area contributed by atoms with E-state index >= 15 is 0 Å². The number of hydrogen-bond acceptors (Lipinski definition) is 6. The lowest BCUT2D eigenvalue weighted by Gasteiger charge is -2.19. The summed E-state index contributed by atoms with van der Waals surface area (Å²) in [5.41, 5.74) is 8.19. The molecule has 1 fully saturated rings. The van der Waals surface area contributed by atoms with E-state index in [2.05, 4.69) is 27.4 Å². The Morgan fingerprint density at radius 1 is 1.36 bits per heavy atom. The quantitative estimate of drug-likeness (QED) is 0.613. The van der Waals surface area contributed by atoms with E-state index < -0.39 is 0 Å². The lowest BCUT2D eigenvalue weighted by atomic mass is 10.2. The summed E-state index contributed by atoms with van der Waals surface area (Å²) < 4.78 is 0. The summed E-state index contributed by atoms with van der Waals surface area (Å²) in [6, 6.07) is 7.57. The van der Waals surface area contributed by atoms with Crippen molar-refractivity contribution < 1.29 is 4.79 Å². The molecule has 1 aliphatic heterocycles. The molecule has 0 unspecified atom stereocenters. The Labute approximate surface area is 170 Å². The van der Waals surface area contributed by atoms with Gasteiger partial charge in [-0.05, 0) is 37.5 Å². The number of nitrogens with zero attached hydrogens (tertiary/aromatic N) is 3. The summed E-state index contributed by atoms with van der Waals surface area (Å²) in [5.74, 6) is 1.41. The van der Waals surface area contributed by atoms with Gasteiger partial charge in [0.15, 0.2) is 0 Å². The van der Waals surface area contributed by atoms with Crippen LogP contribution in [0.25, 0.3) is 0 Å². The molecule has 28 heavy (non-hydrogen) atoms. The van der Waals surface area contributed by atoms with E-state index in [1.165, 1.54) is 0 Å². The fraction of sp³-hybridized carbons (Fsp3) is 0.450. The average molecular weight is 403 g/mol. The molecule has 1 aliphatic rings. The van der Waals surface area contributed by atoms with Gasteiger partial charge in [0.05, 0.1) is 10.7 Å². The molecule has 0 saturated carbocycles. The van der Waals surface area contributed by atoms with Crippen LogP contribution < -0.4 is 21.3 Å². The van der Waals surface area contributed by atoms with Crippen molar-refractivity contribution in [3.8, 4) is 0 Å². The zero-order valence-electron chi connectivity index (χ0n) is 16.3. The fourth-order valence-corrected chi connectivity index (χ4v) is 3.43. The second-order valence-corrected chi connectivity index (χ2v) is 7.55. The predicted molar refractivity (Wildman–Crippen MR) is 114 cm³/mol. The van der Waals surface area contributed by atoms with Crippen LogP contribution >= 0.6 is 11.6 Å². The topological polar surface area (TPSA) is 96.2 Å². The molecule has 1 atom stereocenters. The Morgan fingerprint density at radius 3 is 2.89 bits per heavy atom. The average Bonchev–Trinajstić information content (AvgIpc) is 3.11. The third-order valence-electron chi connectivity index (χ3n) is 4.72. The summed E-state index contributed by atoms with van der Waals surface area (Å²) in [5, 5.41) is 6.75. The molecule has 2 heterocycles. The van der Waals surface area contributed by atoms with Crippen LogP contribution in [0.4, 0.5) is 23.1 Å². The Morgan fingerprint density at radius 2 is 2.18 bits per heavy atom. The Hall–Kier alpha value is -2.54. The maximum absolute atomic E-state index is 11.3. The summed E-state index contributed by atoms with van der Waals surface area (Å²) in [4.78, 5) is 22.9. The summed E-state index contributed by atoms with van der Waals surface area (Å²) in [6.07, 6.45) is 3.97. The van der Waals surface area contributed by atoms with Crippen LogP contribution in [0, 0.1) is 0 Å². The van der Waals surface area contributed by atoms with Crippen LogP contribution in [0.1, 0.15) is 38.8 Å². The SMILES string of the molecule is CCCCc1cc(N2CC[C@H](NC(C)=O)C2)nc(Nc2ccc(Cl)c(N)c2)n1. The third kappa shape index (κ3) is 5.25. The van der Waals surface area contributed by atoms with E-state index in [-0.39, 0.29) is 11.9 Å². The molecule has 3 rings (SSSR count). The largest absolute Gasteiger partial charge is 0.397 e. The van der Waals surface area contributed by atoms with E-state index in [1.54, 1.807) is 19.1 Å². The lowest BCUT2D eigenvalue weighted by molar-refractivity contribution is -0.119. The number of halogens is 1. The zero-order chi connectivity index (χ0) is 20.1. The van der Waals surface area contributed by atoms with Crippen molar-refractivity contribution in [1.29, 1.82) is 0 Å². The number of carbonyl (C=O) groups is 1. The van der Waals surface area contributed by atoms with Gasteiger partial charge in [-0.1, -0.05) is 24.9 Å². The molecule has 7 nitrogen and oxygen atoms in total. The number of aryl methyl sites for hydroxylation is 1. The molecule has 1 saturated heterocycles. The highest BCUT2D eigenvalue weighted by molar-refractivity contribution is 6.33. The molecule has 1 amide bonds. The molecule has 0 bridgehead atoms. The zero-order valence-corrected chi connectivity index (χ0v) is 17.1. The number of aromatic nitrogens is 2. The van der Waals surface area contributed by atoms with Crippen LogP contribution in [0.3, 0.4) is 0 Å². The minimum absolute atomic E-state index is 0.000792. The van der Waals surface area contributed by atoms with Crippen molar-refractivity contribution in [3.63, 3.8) is 0 Å². The second kappa shape index (κ2) is 9.10. The standard InChI is InChI=1S/C20H27ClN6O/c1-3-4-5-14-11-19(27-9-8-16(12-27)23-13(2)28)26-20(24-14)25-15-6-7-17(21)18(22)10-15/h6-7,10-11,16H,3-5,8-9,12,22H2,1-2H3,(H,23,28)(H,24,25,26)/t16-/m0/s1. The number of benzene rings is 1. The van der Waals surface area contributed by atoms with E-state index in [0.29, 0.717) is 16.7 Å². The van der Waals surface area contributed by atoms with Crippen molar-refractivity contribution in [3.05, 3.63) is 35.0 Å². The minimum atomic E-state index is 0.000792. The molecular formula is C20H27ClN6O. The molecule has 1 aromatic carbocycles. The van der Waals surface area contributed by atoms with Gasteiger partial charge in [-0.2, -0.15) is 4.98 Å². The molecule has 1 aromatic heterocycles. The first-order chi connectivity index (χ1) is 13.4. The van der Waals surface area contributed by atoms with Gasteiger partial charge in [0.2, 0.25) is 11.9 Å². The Kier molecular flexibility index (Phi) is 6.57. The Bertz CT molecular complexity index is 843. The van der Waals surface area contributed by atoms with Crippen molar-refractivity contribution in [2.45, 2.75) is 45.6 Å². The van der Waals surface area contributed by atoms with Crippen LogP contribution in [0.15, 0.2) is 24.3 Å². The first-order valence-electron chi connectivity index (χ1n) is 9.66. The highest BCUT2D eigenvalue weighted by Crippen LogP contribution is 2.26. The third-order valence-corrected chi connectivity index (χ3v) is 5.07. The van der Waals surface area contributed by atoms with Crippen molar-refractivity contribution in [2.75, 3.05) is 29.0 Å². The molecular weight excluding hydrogens is 376 g/mol. The monoisotopic (exact) mass is 402 g/mol. The number of carbonyl (C=O) groups excluding carboxylic acids is 1. The predicted octanol–water partition coefficient (Wildman–Crippen LogP) is 3.51. The molecule has 0 radical (unpaired) electrons. The maximum atomic E-state index is 11.3. The minimum Gasteiger partial charge on any atom is -0.397 e. The van der Waals surface area contributed by atoms with Gasteiger partial charge < -0.3 is 21.3 Å². The number of nitrogen functional groups attached to an aromatic ring is 1. The molecule has 2 aromatic rings. The van der Waals surface area contributed by atoms with Gasteiger partial charge >= 0.3 is 0 Å². The van der Waals surface area contributed by atoms with E-state index in [4.69, 9.17) is 22.3 Å². The first-order valence-corrected chi connectivity index (χ1v) is 10.0. The van der Waals surface area contributed by atoms with Crippen molar-refractivity contribution in [1.82, 2.24) is 15.3 Å². The summed E-state index contributed by atoms with van der Waals surface area (Å²) in [6.45, 7) is 5.31. The second-order valence-electron chi connectivity index (χ2n) is 7.14. The van der Waals surface area contributed by atoms with Crippen LogP contribution in [-0.2, 0) is 11.2 Å². The number of rotatable bonds is 7. The van der Waals surface area contributed by atoms with Gasteiger partial charge in [0.25, 0.3) is 0 Å². The van der Waals surface area contributed by atoms with Gasteiger partial charge in [-0.25, -0.2) is 4.98 Å². The molecule has 150 valence electrons. The smallest absolute Gasteiger partial charge is 0.229 e. The first kappa shape index (κ1) is 20.2. The van der Waals surface area contributed by atoms with E-state index in [0.717, 1.165) is 56.0 Å². The van der Waals surface area contributed by atoms with Gasteiger partial charge in [-0.3, -0.25) is 4.79 Å². The maximum Gasteiger partial charge on any atom is 0.229 e. The Balaban J connectivity index is 1.82. The van der Waals surface area contributed by atoms with Crippen LogP contribution in [0.5, 0.6) is 0 Å².